The zero-order chi connectivity index (χ0) is 26.5. The van der Waals surface area contributed by atoms with Crippen LogP contribution in [0.15, 0.2) is 53.4 Å². The molecule has 1 saturated carbocycles. The van der Waals surface area contributed by atoms with E-state index in [0.717, 1.165) is 88.3 Å². The van der Waals surface area contributed by atoms with Crippen LogP contribution in [0, 0.1) is 0 Å². The Morgan fingerprint density at radius 1 is 0.923 bits per heavy atom. The molecule has 2 fully saturated rings. The van der Waals surface area contributed by atoms with E-state index in [1.807, 2.05) is 30.0 Å². The van der Waals surface area contributed by atoms with E-state index in [4.69, 9.17) is 9.47 Å². The fraction of sp³-hybridized carbons (Fsp3) is 0.545. The van der Waals surface area contributed by atoms with E-state index in [1.54, 1.807) is 0 Å². The molecule has 0 radical (unpaired) electrons. The van der Waals surface area contributed by atoms with Gasteiger partial charge in [0.1, 0.15) is 17.1 Å². The van der Waals surface area contributed by atoms with Gasteiger partial charge in [0.25, 0.3) is 0 Å². The maximum atomic E-state index is 12.8. The number of Topliss-reactive ketones (excluding diaryl/α,β-unsaturated/α-hetero) is 1. The minimum atomic E-state index is -0.278. The van der Waals surface area contributed by atoms with Crippen LogP contribution in [-0.2, 0) is 0 Å². The second-order valence-corrected chi connectivity index (χ2v) is 12.7. The Morgan fingerprint density at radius 2 is 1.77 bits per heavy atom. The summed E-state index contributed by atoms with van der Waals surface area (Å²) >= 11 is 2.01. The van der Waals surface area contributed by atoms with Crippen LogP contribution < -0.4 is 9.47 Å². The molecule has 6 heteroatoms. The highest BCUT2D eigenvalue weighted by atomic mass is 32.2. The van der Waals surface area contributed by atoms with Crippen LogP contribution >= 0.6 is 11.8 Å². The van der Waals surface area contributed by atoms with Crippen molar-refractivity contribution in [3.05, 3.63) is 59.7 Å². The van der Waals surface area contributed by atoms with Gasteiger partial charge in [0.05, 0.1) is 18.6 Å². The zero-order valence-electron chi connectivity index (χ0n) is 23.2. The zero-order valence-corrected chi connectivity index (χ0v) is 24.0. The molecule has 0 bridgehead atoms. The smallest absolute Gasteiger partial charge is 0.170 e. The van der Waals surface area contributed by atoms with Crippen molar-refractivity contribution in [2.45, 2.75) is 74.7 Å². The normalized spacial score (nSPS) is 21.3. The first-order valence-electron chi connectivity index (χ1n) is 15.1. The van der Waals surface area contributed by atoms with Crippen molar-refractivity contribution in [3.8, 4) is 11.5 Å². The Balaban J connectivity index is 0.948. The Morgan fingerprint density at radius 3 is 2.64 bits per heavy atom. The van der Waals surface area contributed by atoms with Crippen molar-refractivity contribution in [1.29, 1.82) is 0 Å². The lowest BCUT2D eigenvalue weighted by Crippen LogP contribution is -2.45. The van der Waals surface area contributed by atoms with Crippen LogP contribution in [-0.4, -0.2) is 66.3 Å². The Hall–Kier alpha value is -2.44. The number of thioether (sulfide) groups is 1. The van der Waals surface area contributed by atoms with E-state index in [9.17, 15) is 4.79 Å². The van der Waals surface area contributed by atoms with Crippen molar-refractivity contribution >= 4 is 23.2 Å². The lowest BCUT2D eigenvalue weighted by molar-refractivity contribution is 0.0134. The summed E-state index contributed by atoms with van der Waals surface area (Å²) in [7, 11) is 0. The van der Waals surface area contributed by atoms with Gasteiger partial charge in [-0.3, -0.25) is 9.69 Å². The monoisotopic (exact) mass is 546 g/mol. The lowest BCUT2D eigenvalue weighted by atomic mass is 9.78. The highest BCUT2D eigenvalue weighted by molar-refractivity contribution is 7.99. The molecule has 0 aromatic heterocycles. The molecule has 5 nitrogen and oxygen atoms in total. The van der Waals surface area contributed by atoms with E-state index in [-0.39, 0.29) is 11.4 Å². The number of carbonyl (C=O) groups excluding carboxylic acids is 1. The summed E-state index contributed by atoms with van der Waals surface area (Å²) in [5, 5.41) is 0. The largest absolute Gasteiger partial charge is 0.493 e. The van der Waals surface area contributed by atoms with Crippen LogP contribution in [0.1, 0.15) is 80.1 Å². The fourth-order valence-electron chi connectivity index (χ4n) is 6.60. The molecule has 2 aromatic carbocycles. The van der Waals surface area contributed by atoms with Gasteiger partial charge in [-0.1, -0.05) is 30.7 Å². The first-order chi connectivity index (χ1) is 19.2. The average molecular weight is 547 g/mol. The van der Waals surface area contributed by atoms with Crippen LogP contribution in [0.4, 0.5) is 0 Å². The first kappa shape index (κ1) is 26.8. The molecule has 1 aliphatic carbocycles. The summed E-state index contributed by atoms with van der Waals surface area (Å²) in [5.74, 6) is 2.97. The number of rotatable bonds is 7. The molecule has 0 amide bonds. The SMILES string of the molecule is O=C1CC2(CCCCC2)Oc2cc(OCCCCN3CCN(C4=CCCCSc5ccccc54)CC3)ccc21. The molecule has 6 rings (SSSR count). The molecule has 208 valence electrons. The van der Waals surface area contributed by atoms with Crippen LogP contribution in [0.2, 0.25) is 0 Å². The predicted octanol–water partition coefficient (Wildman–Crippen LogP) is 7.06. The minimum absolute atomic E-state index is 0.221. The van der Waals surface area contributed by atoms with Gasteiger partial charge in [-0.2, -0.15) is 0 Å². The van der Waals surface area contributed by atoms with Crippen molar-refractivity contribution in [2.24, 2.45) is 0 Å². The summed E-state index contributed by atoms with van der Waals surface area (Å²) in [6, 6.07) is 14.7. The molecular formula is C33H42N2O3S. The number of nitrogens with zero attached hydrogens (tertiary/aromatic N) is 2. The number of benzene rings is 2. The number of hydrogen-bond donors (Lipinski definition) is 0. The van der Waals surface area contributed by atoms with E-state index < -0.39 is 0 Å². The van der Waals surface area contributed by atoms with Gasteiger partial charge in [0.2, 0.25) is 0 Å². The predicted molar refractivity (Wildman–Crippen MR) is 159 cm³/mol. The highest BCUT2D eigenvalue weighted by Crippen LogP contribution is 2.43. The number of carbonyl (C=O) groups is 1. The summed E-state index contributed by atoms with van der Waals surface area (Å²) < 4.78 is 12.5. The van der Waals surface area contributed by atoms with Gasteiger partial charge >= 0.3 is 0 Å². The maximum absolute atomic E-state index is 12.8. The van der Waals surface area contributed by atoms with Gasteiger partial charge in [0, 0.05) is 48.4 Å². The molecule has 0 unspecified atom stereocenters. The Bertz CT molecular complexity index is 1180. The van der Waals surface area contributed by atoms with Crippen molar-refractivity contribution < 1.29 is 14.3 Å². The van der Waals surface area contributed by atoms with Crippen LogP contribution in [0.5, 0.6) is 11.5 Å². The van der Waals surface area contributed by atoms with Gasteiger partial charge in [-0.05, 0) is 81.9 Å². The van der Waals surface area contributed by atoms with Crippen molar-refractivity contribution in [1.82, 2.24) is 9.80 Å². The van der Waals surface area contributed by atoms with Gasteiger partial charge in [-0.25, -0.2) is 0 Å². The third-order valence-corrected chi connectivity index (χ3v) is 9.94. The van der Waals surface area contributed by atoms with E-state index >= 15 is 0 Å². The third kappa shape index (κ3) is 6.33. The molecule has 1 spiro atoms. The lowest BCUT2D eigenvalue weighted by Gasteiger charge is -2.40. The standard InChI is InChI=1S/C33H42N2O3S/c36-30-25-33(15-5-1-6-16-33)38-31-24-26(13-14-28(30)31)37-22-8-7-17-34-18-20-35(21-19-34)29-11-4-9-23-39-32-12-3-2-10-27(29)32/h2-3,10-14,24H,1,4-9,15-23,25H2. The van der Waals surface area contributed by atoms with E-state index in [1.165, 1.54) is 41.2 Å². The van der Waals surface area contributed by atoms with Gasteiger partial charge < -0.3 is 14.4 Å². The molecule has 4 aliphatic rings. The molecule has 0 N–H and O–H groups in total. The van der Waals surface area contributed by atoms with E-state index in [2.05, 4.69) is 40.1 Å². The van der Waals surface area contributed by atoms with Crippen LogP contribution in [0.3, 0.4) is 0 Å². The molecule has 2 aromatic rings. The fourth-order valence-corrected chi connectivity index (χ4v) is 7.63. The van der Waals surface area contributed by atoms with Crippen molar-refractivity contribution in [3.63, 3.8) is 0 Å². The second-order valence-electron chi connectivity index (χ2n) is 11.6. The van der Waals surface area contributed by atoms with E-state index in [0.29, 0.717) is 13.0 Å². The summed E-state index contributed by atoms with van der Waals surface area (Å²) in [5.41, 5.74) is 3.30. The maximum Gasteiger partial charge on any atom is 0.170 e. The average Bonchev–Trinajstić information content (AvgIpc) is 2.94. The molecule has 3 heterocycles. The number of ether oxygens (including phenoxy) is 2. The minimum Gasteiger partial charge on any atom is -0.493 e. The molecular weight excluding hydrogens is 504 g/mol. The Labute approximate surface area is 237 Å². The number of allylic oxidation sites excluding steroid dienone is 1. The summed E-state index contributed by atoms with van der Waals surface area (Å²) in [6.45, 7) is 6.23. The van der Waals surface area contributed by atoms with Gasteiger partial charge in [-0.15, -0.1) is 11.8 Å². The number of hydrogen-bond acceptors (Lipinski definition) is 6. The number of fused-ring (bicyclic) bond motifs is 2. The molecule has 3 aliphatic heterocycles. The van der Waals surface area contributed by atoms with Gasteiger partial charge in [0.15, 0.2) is 5.78 Å². The highest BCUT2D eigenvalue weighted by Gasteiger charge is 2.41. The molecule has 0 atom stereocenters. The topological polar surface area (TPSA) is 42.0 Å². The first-order valence-corrected chi connectivity index (χ1v) is 16.1. The summed E-state index contributed by atoms with van der Waals surface area (Å²) in [6.07, 6.45) is 13.1. The number of ketones is 1. The number of unbranched alkanes of at least 4 members (excludes halogenated alkanes) is 1. The molecule has 1 saturated heterocycles. The second kappa shape index (κ2) is 12.4. The Kier molecular flexibility index (Phi) is 8.50. The third-order valence-electron chi connectivity index (χ3n) is 8.78. The number of piperazine rings is 1. The summed E-state index contributed by atoms with van der Waals surface area (Å²) in [4.78, 5) is 19.4. The molecule has 39 heavy (non-hydrogen) atoms. The van der Waals surface area contributed by atoms with Crippen LogP contribution in [0.25, 0.3) is 5.70 Å². The van der Waals surface area contributed by atoms with Crippen molar-refractivity contribution in [2.75, 3.05) is 45.1 Å². The quantitative estimate of drug-likeness (QED) is 0.347.